The Hall–Kier alpha value is -0.370. The summed E-state index contributed by atoms with van der Waals surface area (Å²) in [5, 5.41) is 0.449. The lowest BCUT2D eigenvalue weighted by Gasteiger charge is -2.18. The maximum Gasteiger partial charge on any atom is 0.242 e. The molecule has 0 amide bonds. The predicted molar refractivity (Wildman–Crippen MR) is 87.3 cm³/mol. The smallest absolute Gasteiger partial charge is 0.242 e. The molecule has 0 heterocycles. The summed E-state index contributed by atoms with van der Waals surface area (Å²) in [6.07, 6.45) is 0. The quantitative estimate of drug-likeness (QED) is 0.749. The average molecular weight is 354 g/mol. The molecule has 1 aromatic carbocycles. The van der Waals surface area contributed by atoms with Gasteiger partial charge in [0.15, 0.2) is 0 Å². The van der Waals surface area contributed by atoms with Gasteiger partial charge in [-0.25, -0.2) is 13.1 Å². The molecular weight excluding hydrogens is 333 g/mol. The highest BCUT2D eigenvalue weighted by Crippen LogP contribution is 2.30. The first-order chi connectivity index (χ1) is 9.87. The minimum Gasteiger partial charge on any atom is -0.326 e. The zero-order valence-corrected chi connectivity index (χ0v) is 14.5. The second-order valence-electron chi connectivity index (χ2n) is 4.47. The van der Waals surface area contributed by atoms with Crippen LogP contribution in [0.5, 0.6) is 0 Å². The van der Waals surface area contributed by atoms with Crippen molar-refractivity contribution in [2.75, 3.05) is 26.2 Å². The molecule has 0 radical (unpaired) electrons. The zero-order chi connectivity index (χ0) is 16.0. The molecule has 21 heavy (non-hydrogen) atoms. The third kappa shape index (κ3) is 4.81. The molecule has 0 fully saturated rings. The lowest BCUT2D eigenvalue weighted by molar-refractivity contribution is 0.309. The van der Waals surface area contributed by atoms with Gasteiger partial charge in [0, 0.05) is 30.2 Å². The SMILES string of the molecule is CCN(CC)CCNS(=O)(=O)c1ccc(Cl)c(CN)c1Cl. The van der Waals surface area contributed by atoms with Crippen LogP contribution >= 0.6 is 23.2 Å². The lowest BCUT2D eigenvalue weighted by Crippen LogP contribution is -2.35. The number of sulfonamides is 1. The van der Waals surface area contributed by atoms with E-state index in [9.17, 15) is 8.42 Å². The highest BCUT2D eigenvalue weighted by molar-refractivity contribution is 7.89. The van der Waals surface area contributed by atoms with Crippen LogP contribution in [0, 0.1) is 0 Å². The van der Waals surface area contributed by atoms with E-state index in [1.807, 2.05) is 13.8 Å². The Morgan fingerprint density at radius 2 is 1.86 bits per heavy atom. The Labute approximate surface area is 136 Å². The van der Waals surface area contributed by atoms with Gasteiger partial charge >= 0.3 is 0 Å². The number of nitrogens with zero attached hydrogens (tertiary/aromatic N) is 1. The summed E-state index contributed by atoms with van der Waals surface area (Å²) in [6, 6.07) is 2.89. The molecule has 5 nitrogen and oxygen atoms in total. The summed E-state index contributed by atoms with van der Waals surface area (Å²) in [5.74, 6) is 0. The molecule has 3 N–H and O–H groups in total. The number of benzene rings is 1. The van der Waals surface area contributed by atoms with Crippen molar-refractivity contribution in [1.82, 2.24) is 9.62 Å². The van der Waals surface area contributed by atoms with Crippen LogP contribution in [0.4, 0.5) is 0 Å². The first-order valence-electron chi connectivity index (χ1n) is 6.76. The van der Waals surface area contributed by atoms with Crippen molar-refractivity contribution in [3.8, 4) is 0 Å². The molecule has 0 atom stereocenters. The Morgan fingerprint density at radius 1 is 1.24 bits per heavy atom. The van der Waals surface area contributed by atoms with Crippen molar-refractivity contribution in [1.29, 1.82) is 0 Å². The standard InChI is InChI=1S/C13H21Cl2N3O2S/c1-3-18(4-2)8-7-17-21(19,20)12-6-5-11(14)10(9-16)13(12)15/h5-6,17H,3-4,7-9,16H2,1-2H3. The van der Waals surface area contributed by atoms with Gasteiger partial charge in [-0.05, 0) is 25.2 Å². The van der Waals surface area contributed by atoms with Crippen molar-refractivity contribution in [2.24, 2.45) is 5.73 Å². The molecule has 0 aliphatic rings. The number of nitrogens with two attached hydrogens (primary N) is 1. The van der Waals surface area contributed by atoms with Crippen LogP contribution in [0.2, 0.25) is 10.0 Å². The van der Waals surface area contributed by atoms with E-state index in [0.717, 1.165) is 13.1 Å². The molecule has 0 aromatic heterocycles. The number of hydrogen-bond donors (Lipinski definition) is 2. The molecule has 120 valence electrons. The number of rotatable bonds is 8. The monoisotopic (exact) mass is 353 g/mol. The summed E-state index contributed by atoms with van der Waals surface area (Å²) >= 11 is 12.0. The Kier molecular flexibility index (Phi) is 7.39. The largest absolute Gasteiger partial charge is 0.326 e. The number of hydrogen-bond acceptors (Lipinski definition) is 4. The summed E-state index contributed by atoms with van der Waals surface area (Å²) in [6.45, 7) is 6.85. The van der Waals surface area contributed by atoms with Crippen molar-refractivity contribution in [3.63, 3.8) is 0 Å². The van der Waals surface area contributed by atoms with Gasteiger partial charge in [-0.3, -0.25) is 0 Å². The van der Waals surface area contributed by atoms with Crippen LogP contribution in [0.1, 0.15) is 19.4 Å². The minimum atomic E-state index is -3.68. The first kappa shape index (κ1) is 18.7. The average Bonchev–Trinajstić information content (AvgIpc) is 2.43. The minimum absolute atomic E-state index is 0.00793. The summed E-state index contributed by atoms with van der Waals surface area (Å²) < 4.78 is 27.1. The first-order valence-corrected chi connectivity index (χ1v) is 9.00. The maximum absolute atomic E-state index is 12.3. The van der Waals surface area contributed by atoms with Crippen LogP contribution in [-0.4, -0.2) is 39.5 Å². The zero-order valence-electron chi connectivity index (χ0n) is 12.2. The fraction of sp³-hybridized carbons (Fsp3) is 0.538. The van der Waals surface area contributed by atoms with E-state index in [2.05, 4.69) is 9.62 Å². The summed E-state index contributed by atoms with van der Waals surface area (Å²) in [4.78, 5) is 2.13. The topological polar surface area (TPSA) is 75.4 Å². The van der Waals surface area contributed by atoms with Gasteiger partial charge in [0.05, 0.1) is 5.02 Å². The van der Waals surface area contributed by atoms with E-state index in [1.54, 1.807) is 0 Å². The molecule has 0 saturated carbocycles. The van der Waals surface area contributed by atoms with Gasteiger partial charge < -0.3 is 10.6 Å². The van der Waals surface area contributed by atoms with E-state index in [1.165, 1.54) is 12.1 Å². The van der Waals surface area contributed by atoms with E-state index >= 15 is 0 Å². The van der Waals surface area contributed by atoms with Crippen molar-refractivity contribution >= 4 is 33.2 Å². The van der Waals surface area contributed by atoms with Gasteiger partial charge in [-0.2, -0.15) is 0 Å². The molecule has 1 rings (SSSR count). The number of likely N-dealkylation sites (N-methyl/N-ethyl adjacent to an activating group) is 1. The number of nitrogens with one attached hydrogen (secondary N) is 1. The molecule has 0 saturated heterocycles. The van der Waals surface area contributed by atoms with Crippen LogP contribution in [0.25, 0.3) is 0 Å². The van der Waals surface area contributed by atoms with Crippen molar-refractivity contribution in [3.05, 3.63) is 27.7 Å². The Bertz CT molecular complexity index is 575. The van der Waals surface area contributed by atoms with Gasteiger partial charge in [0.1, 0.15) is 4.90 Å². The number of halogens is 2. The van der Waals surface area contributed by atoms with Crippen molar-refractivity contribution in [2.45, 2.75) is 25.3 Å². The fourth-order valence-electron chi connectivity index (χ4n) is 1.93. The molecule has 0 spiro atoms. The molecule has 0 aliphatic heterocycles. The highest BCUT2D eigenvalue weighted by atomic mass is 35.5. The van der Waals surface area contributed by atoms with Crippen LogP contribution < -0.4 is 10.5 Å². The molecular formula is C13H21Cl2N3O2S. The van der Waals surface area contributed by atoms with Gasteiger partial charge in [0.25, 0.3) is 0 Å². The van der Waals surface area contributed by atoms with Gasteiger partial charge in [-0.1, -0.05) is 37.0 Å². The van der Waals surface area contributed by atoms with E-state index < -0.39 is 10.0 Å². The third-order valence-electron chi connectivity index (χ3n) is 3.26. The van der Waals surface area contributed by atoms with Crippen LogP contribution in [-0.2, 0) is 16.6 Å². The third-order valence-corrected chi connectivity index (χ3v) is 5.66. The second kappa shape index (κ2) is 8.31. The highest BCUT2D eigenvalue weighted by Gasteiger charge is 2.20. The van der Waals surface area contributed by atoms with Gasteiger partial charge in [0.2, 0.25) is 10.0 Å². The van der Waals surface area contributed by atoms with E-state index in [4.69, 9.17) is 28.9 Å². The summed E-state index contributed by atoms with van der Waals surface area (Å²) in [7, 11) is -3.68. The molecule has 1 aromatic rings. The molecule has 0 aliphatic carbocycles. The molecule has 0 unspecified atom stereocenters. The Balaban J connectivity index is 2.89. The molecule has 0 bridgehead atoms. The van der Waals surface area contributed by atoms with E-state index in [-0.39, 0.29) is 16.5 Å². The lowest BCUT2D eigenvalue weighted by atomic mass is 10.2. The summed E-state index contributed by atoms with van der Waals surface area (Å²) in [5.41, 5.74) is 5.98. The fourth-order valence-corrected chi connectivity index (χ4v) is 3.88. The van der Waals surface area contributed by atoms with Crippen LogP contribution in [0.15, 0.2) is 17.0 Å². The maximum atomic E-state index is 12.3. The second-order valence-corrected chi connectivity index (χ2v) is 6.99. The normalized spacial score (nSPS) is 12.1. The van der Waals surface area contributed by atoms with Crippen LogP contribution in [0.3, 0.4) is 0 Å². The Morgan fingerprint density at radius 3 is 2.38 bits per heavy atom. The predicted octanol–water partition coefficient (Wildman–Crippen LogP) is 2.07. The van der Waals surface area contributed by atoms with Crippen molar-refractivity contribution < 1.29 is 8.42 Å². The van der Waals surface area contributed by atoms with E-state index in [0.29, 0.717) is 23.7 Å². The molecule has 8 heteroatoms. The van der Waals surface area contributed by atoms with Gasteiger partial charge in [-0.15, -0.1) is 0 Å².